The van der Waals surface area contributed by atoms with Crippen molar-refractivity contribution in [3.8, 4) is 11.5 Å². The molecule has 4 heteroatoms. The van der Waals surface area contributed by atoms with Gasteiger partial charge in [0, 0.05) is 5.56 Å². The number of hydrogen-bond acceptors (Lipinski definition) is 4. The van der Waals surface area contributed by atoms with E-state index in [4.69, 9.17) is 9.47 Å². The van der Waals surface area contributed by atoms with Crippen molar-refractivity contribution in [1.29, 1.82) is 0 Å². The minimum absolute atomic E-state index is 0.329. The Labute approximate surface area is 126 Å². The quantitative estimate of drug-likeness (QED) is 0.613. The zero-order valence-electron chi connectivity index (χ0n) is 13.9. The highest BCUT2D eigenvalue weighted by molar-refractivity contribution is 5.80. The van der Waals surface area contributed by atoms with E-state index in [1.54, 1.807) is 66.7 Å². The van der Waals surface area contributed by atoms with Crippen molar-refractivity contribution in [3.05, 3.63) is 23.8 Å². The molecule has 4 nitrogen and oxygen atoms in total. The predicted molar refractivity (Wildman–Crippen MR) is 81.4 cm³/mol. The highest BCUT2D eigenvalue weighted by Crippen LogP contribution is 2.30. The Hall–Kier alpha value is -1.84. The molecule has 0 N–H and O–H groups in total. The molecular weight excluding hydrogens is 268 g/mol. The first-order chi connectivity index (χ1) is 9.43. The van der Waals surface area contributed by atoms with E-state index in [9.17, 15) is 9.59 Å². The average Bonchev–Trinajstić information content (AvgIpc) is 2.31. The second-order valence-corrected chi connectivity index (χ2v) is 7.16. The smallest absolute Gasteiger partial charge is 0.316 e. The third kappa shape index (κ3) is 4.59. The molecular formula is C17H24O4. The Morgan fingerprint density at radius 1 is 0.810 bits per heavy atom. The maximum atomic E-state index is 11.9. The van der Waals surface area contributed by atoms with Gasteiger partial charge >= 0.3 is 11.9 Å². The van der Waals surface area contributed by atoms with Crippen LogP contribution in [0.4, 0.5) is 0 Å². The van der Waals surface area contributed by atoms with Crippen LogP contribution < -0.4 is 9.47 Å². The number of esters is 2. The van der Waals surface area contributed by atoms with Gasteiger partial charge in [0.25, 0.3) is 0 Å². The summed E-state index contributed by atoms with van der Waals surface area (Å²) in [5, 5.41) is 0. The van der Waals surface area contributed by atoms with E-state index in [0.717, 1.165) is 0 Å². The zero-order chi connectivity index (χ0) is 16.4. The van der Waals surface area contributed by atoms with E-state index in [-0.39, 0.29) is 11.9 Å². The lowest BCUT2D eigenvalue weighted by Crippen LogP contribution is -2.27. The molecule has 1 rings (SSSR count). The third-order valence-corrected chi connectivity index (χ3v) is 2.86. The van der Waals surface area contributed by atoms with E-state index in [1.807, 2.05) is 0 Å². The van der Waals surface area contributed by atoms with Crippen molar-refractivity contribution >= 4 is 11.9 Å². The van der Waals surface area contributed by atoms with Gasteiger partial charge in [0.05, 0.1) is 10.8 Å². The van der Waals surface area contributed by atoms with Crippen molar-refractivity contribution in [2.24, 2.45) is 10.8 Å². The van der Waals surface area contributed by atoms with Gasteiger partial charge in [0.1, 0.15) is 11.5 Å². The van der Waals surface area contributed by atoms with Crippen molar-refractivity contribution < 1.29 is 19.1 Å². The van der Waals surface area contributed by atoms with Gasteiger partial charge in [-0.3, -0.25) is 9.59 Å². The molecule has 0 heterocycles. The Bertz CT molecular complexity index is 499. The molecule has 116 valence electrons. The summed E-state index contributed by atoms with van der Waals surface area (Å²) < 4.78 is 10.8. The van der Waals surface area contributed by atoms with Gasteiger partial charge in [0.15, 0.2) is 0 Å². The van der Waals surface area contributed by atoms with Crippen LogP contribution in [0.5, 0.6) is 11.5 Å². The van der Waals surface area contributed by atoms with Gasteiger partial charge in [-0.25, -0.2) is 0 Å². The first-order valence-corrected chi connectivity index (χ1v) is 6.97. The first-order valence-electron chi connectivity index (χ1n) is 6.97. The maximum absolute atomic E-state index is 11.9. The SMILES string of the molecule is Cc1c(OC(=O)C(C)(C)C)cccc1OC(=O)C(C)(C)C. The summed E-state index contributed by atoms with van der Waals surface area (Å²) in [5.74, 6) is 0.165. The highest BCUT2D eigenvalue weighted by atomic mass is 16.5. The number of benzene rings is 1. The molecule has 0 spiro atoms. The summed E-state index contributed by atoms with van der Waals surface area (Å²) in [4.78, 5) is 23.9. The number of carbonyl (C=O) groups excluding carboxylic acids is 2. The minimum Gasteiger partial charge on any atom is -0.426 e. The molecule has 0 aliphatic carbocycles. The second-order valence-electron chi connectivity index (χ2n) is 7.16. The fourth-order valence-corrected chi connectivity index (χ4v) is 1.32. The molecule has 1 aromatic rings. The summed E-state index contributed by atoms with van der Waals surface area (Å²) in [6.07, 6.45) is 0. The van der Waals surface area contributed by atoms with E-state index < -0.39 is 10.8 Å². The van der Waals surface area contributed by atoms with Gasteiger partial charge in [-0.2, -0.15) is 0 Å². The molecule has 0 bridgehead atoms. The molecule has 0 radical (unpaired) electrons. The van der Waals surface area contributed by atoms with E-state index in [1.165, 1.54) is 0 Å². The molecule has 0 amide bonds. The van der Waals surface area contributed by atoms with Gasteiger partial charge in [0.2, 0.25) is 0 Å². The Kier molecular flexibility index (Phi) is 4.82. The van der Waals surface area contributed by atoms with Crippen molar-refractivity contribution in [3.63, 3.8) is 0 Å². The van der Waals surface area contributed by atoms with E-state index in [2.05, 4.69) is 0 Å². The topological polar surface area (TPSA) is 52.6 Å². The Balaban J connectivity index is 2.99. The lowest BCUT2D eigenvalue weighted by atomic mass is 9.97. The monoisotopic (exact) mass is 292 g/mol. The van der Waals surface area contributed by atoms with Crippen LogP contribution in [0.3, 0.4) is 0 Å². The maximum Gasteiger partial charge on any atom is 0.316 e. The molecule has 21 heavy (non-hydrogen) atoms. The van der Waals surface area contributed by atoms with Gasteiger partial charge < -0.3 is 9.47 Å². The largest absolute Gasteiger partial charge is 0.426 e. The third-order valence-electron chi connectivity index (χ3n) is 2.86. The van der Waals surface area contributed by atoms with Crippen LogP contribution in [0, 0.1) is 17.8 Å². The number of carbonyl (C=O) groups is 2. The Morgan fingerprint density at radius 3 is 1.43 bits per heavy atom. The Morgan fingerprint density at radius 2 is 1.14 bits per heavy atom. The van der Waals surface area contributed by atoms with Crippen LogP contribution in [0.15, 0.2) is 18.2 Å². The molecule has 0 saturated heterocycles. The molecule has 0 aromatic heterocycles. The van der Waals surface area contributed by atoms with Crippen LogP contribution in [0.2, 0.25) is 0 Å². The summed E-state index contributed by atoms with van der Waals surface area (Å²) >= 11 is 0. The fraction of sp³-hybridized carbons (Fsp3) is 0.529. The van der Waals surface area contributed by atoms with Crippen LogP contribution in [-0.2, 0) is 9.59 Å². The molecule has 1 aromatic carbocycles. The molecule has 0 unspecified atom stereocenters. The van der Waals surface area contributed by atoms with Gasteiger partial charge in [-0.1, -0.05) is 6.07 Å². The minimum atomic E-state index is -0.593. The summed E-state index contributed by atoms with van der Waals surface area (Å²) in [6, 6.07) is 5.07. The summed E-state index contributed by atoms with van der Waals surface area (Å²) in [5.41, 5.74) is -0.553. The normalized spacial score (nSPS) is 12.0. The summed E-state index contributed by atoms with van der Waals surface area (Å²) in [7, 11) is 0. The van der Waals surface area contributed by atoms with Crippen molar-refractivity contribution in [1.82, 2.24) is 0 Å². The van der Waals surface area contributed by atoms with Gasteiger partial charge in [-0.15, -0.1) is 0 Å². The van der Waals surface area contributed by atoms with Crippen molar-refractivity contribution in [2.75, 3.05) is 0 Å². The predicted octanol–water partition coefficient (Wildman–Crippen LogP) is 3.90. The molecule has 0 aliphatic rings. The van der Waals surface area contributed by atoms with Crippen LogP contribution in [-0.4, -0.2) is 11.9 Å². The van der Waals surface area contributed by atoms with Crippen LogP contribution >= 0.6 is 0 Å². The second kappa shape index (κ2) is 5.88. The lowest BCUT2D eigenvalue weighted by Gasteiger charge is -2.20. The molecule has 0 atom stereocenters. The highest BCUT2D eigenvalue weighted by Gasteiger charge is 2.26. The zero-order valence-corrected chi connectivity index (χ0v) is 13.9. The van der Waals surface area contributed by atoms with E-state index >= 15 is 0 Å². The van der Waals surface area contributed by atoms with Crippen molar-refractivity contribution in [2.45, 2.75) is 48.5 Å². The standard InChI is InChI=1S/C17H24O4/c1-11-12(20-14(18)16(2,3)4)9-8-10-13(11)21-15(19)17(5,6)7/h8-10H,1-7H3. The molecule has 0 saturated carbocycles. The first kappa shape index (κ1) is 17.2. The molecule has 0 aliphatic heterocycles. The summed E-state index contributed by atoms with van der Waals surface area (Å²) in [6.45, 7) is 12.5. The average molecular weight is 292 g/mol. The number of ether oxygens (including phenoxy) is 2. The van der Waals surface area contributed by atoms with Crippen LogP contribution in [0.25, 0.3) is 0 Å². The fourth-order valence-electron chi connectivity index (χ4n) is 1.32. The van der Waals surface area contributed by atoms with Gasteiger partial charge in [-0.05, 0) is 60.6 Å². The molecule has 0 fully saturated rings. The van der Waals surface area contributed by atoms with E-state index in [0.29, 0.717) is 17.1 Å². The van der Waals surface area contributed by atoms with Crippen LogP contribution in [0.1, 0.15) is 47.1 Å². The number of rotatable bonds is 2. The lowest BCUT2D eigenvalue weighted by molar-refractivity contribution is -0.143. The number of hydrogen-bond donors (Lipinski definition) is 0.